The van der Waals surface area contributed by atoms with Crippen LogP contribution < -0.4 is 5.73 Å². The minimum Gasteiger partial charge on any atom is -0.316 e. The SMILES string of the molecule is N[C@@H](c1cccc(F)c1Cl)C(F)(F)F. The maximum atomic E-state index is 12.8. The van der Waals surface area contributed by atoms with E-state index < -0.39 is 28.6 Å². The largest absolute Gasteiger partial charge is 0.407 e. The molecule has 1 aromatic carbocycles. The van der Waals surface area contributed by atoms with Crippen molar-refractivity contribution in [2.75, 3.05) is 0 Å². The first kappa shape index (κ1) is 11.3. The van der Waals surface area contributed by atoms with Crippen molar-refractivity contribution in [1.29, 1.82) is 0 Å². The van der Waals surface area contributed by atoms with Crippen LogP contribution in [0.1, 0.15) is 11.6 Å². The quantitative estimate of drug-likeness (QED) is 0.734. The van der Waals surface area contributed by atoms with E-state index in [2.05, 4.69) is 0 Å². The molecule has 1 nitrogen and oxygen atoms in total. The number of rotatable bonds is 1. The number of benzene rings is 1. The Morgan fingerprint density at radius 2 is 1.86 bits per heavy atom. The van der Waals surface area contributed by atoms with Crippen molar-refractivity contribution < 1.29 is 17.6 Å². The van der Waals surface area contributed by atoms with Gasteiger partial charge in [0, 0.05) is 0 Å². The smallest absolute Gasteiger partial charge is 0.316 e. The van der Waals surface area contributed by atoms with Crippen molar-refractivity contribution in [3.63, 3.8) is 0 Å². The molecule has 0 aliphatic rings. The average molecular weight is 228 g/mol. The molecule has 0 aliphatic carbocycles. The monoisotopic (exact) mass is 227 g/mol. The van der Waals surface area contributed by atoms with Gasteiger partial charge in [-0.15, -0.1) is 0 Å². The molecule has 1 aromatic rings. The number of alkyl halides is 3. The van der Waals surface area contributed by atoms with Crippen LogP contribution in [0.3, 0.4) is 0 Å². The van der Waals surface area contributed by atoms with Crippen LogP contribution in [0, 0.1) is 5.82 Å². The summed E-state index contributed by atoms with van der Waals surface area (Å²) >= 11 is 5.34. The molecule has 2 N–H and O–H groups in total. The number of hydrogen-bond donors (Lipinski definition) is 1. The topological polar surface area (TPSA) is 26.0 Å². The number of nitrogens with two attached hydrogens (primary N) is 1. The Kier molecular flexibility index (Phi) is 3.01. The van der Waals surface area contributed by atoms with Crippen LogP contribution in [0.4, 0.5) is 17.6 Å². The van der Waals surface area contributed by atoms with Gasteiger partial charge in [0.2, 0.25) is 0 Å². The summed E-state index contributed by atoms with van der Waals surface area (Å²) in [7, 11) is 0. The van der Waals surface area contributed by atoms with Crippen molar-refractivity contribution >= 4 is 11.6 Å². The molecule has 0 aliphatic heterocycles. The molecule has 0 heterocycles. The molecule has 0 fully saturated rings. The van der Waals surface area contributed by atoms with Crippen LogP contribution in [-0.4, -0.2) is 6.18 Å². The zero-order valence-corrected chi connectivity index (χ0v) is 7.53. The molecule has 0 bridgehead atoms. The fraction of sp³-hybridized carbons (Fsp3) is 0.250. The van der Waals surface area contributed by atoms with Crippen LogP contribution in [0.15, 0.2) is 18.2 Å². The molecule has 6 heteroatoms. The van der Waals surface area contributed by atoms with E-state index in [9.17, 15) is 17.6 Å². The second kappa shape index (κ2) is 3.74. The standard InChI is InChI=1S/C8H6ClF4N/c9-6-4(2-1-3-5(6)10)7(14)8(11,12)13/h1-3,7H,14H2/t7-/m0/s1. The third-order valence-corrected chi connectivity index (χ3v) is 2.07. The first-order valence-corrected chi connectivity index (χ1v) is 3.98. The molecule has 0 aromatic heterocycles. The zero-order chi connectivity index (χ0) is 10.9. The van der Waals surface area contributed by atoms with Crippen LogP contribution in [0.25, 0.3) is 0 Å². The summed E-state index contributed by atoms with van der Waals surface area (Å²) in [5.74, 6) is -0.913. The molecule has 0 amide bonds. The van der Waals surface area contributed by atoms with Crippen molar-refractivity contribution in [2.24, 2.45) is 5.73 Å². The highest BCUT2D eigenvalue weighted by Crippen LogP contribution is 2.34. The Bertz CT molecular complexity index is 337. The Morgan fingerprint density at radius 1 is 1.29 bits per heavy atom. The molecule has 1 atom stereocenters. The average Bonchev–Trinajstić information content (AvgIpc) is 2.07. The van der Waals surface area contributed by atoms with E-state index in [1.54, 1.807) is 0 Å². The van der Waals surface area contributed by atoms with E-state index in [1.807, 2.05) is 0 Å². The number of halogens is 5. The van der Waals surface area contributed by atoms with Gasteiger partial charge in [-0.2, -0.15) is 13.2 Å². The number of hydrogen-bond acceptors (Lipinski definition) is 1. The van der Waals surface area contributed by atoms with Crippen LogP contribution in [0.5, 0.6) is 0 Å². The molecule has 78 valence electrons. The van der Waals surface area contributed by atoms with Gasteiger partial charge in [0.1, 0.15) is 11.9 Å². The van der Waals surface area contributed by atoms with Gasteiger partial charge in [-0.25, -0.2) is 4.39 Å². The highest BCUT2D eigenvalue weighted by atomic mass is 35.5. The van der Waals surface area contributed by atoms with Gasteiger partial charge >= 0.3 is 6.18 Å². The van der Waals surface area contributed by atoms with Gasteiger partial charge in [0.25, 0.3) is 0 Å². The molecule has 1 rings (SSSR count). The first-order chi connectivity index (χ1) is 6.34. The maximum absolute atomic E-state index is 12.8. The first-order valence-electron chi connectivity index (χ1n) is 3.60. The van der Waals surface area contributed by atoms with Crippen molar-refractivity contribution in [2.45, 2.75) is 12.2 Å². The second-order valence-corrected chi connectivity index (χ2v) is 3.04. The van der Waals surface area contributed by atoms with E-state index in [0.717, 1.165) is 18.2 Å². The van der Waals surface area contributed by atoms with Crippen LogP contribution in [0.2, 0.25) is 5.02 Å². The lowest BCUT2D eigenvalue weighted by Gasteiger charge is -2.17. The lowest BCUT2D eigenvalue weighted by Crippen LogP contribution is -2.28. The molecule has 0 saturated carbocycles. The van der Waals surface area contributed by atoms with Crippen molar-refractivity contribution in [1.82, 2.24) is 0 Å². The lowest BCUT2D eigenvalue weighted by atomic mass is 10.1. The molecule has 0 saturated heterocycles. The normalized spacial score (nSPS) is 14.1. The highest BCUT2D eigenvalue weighted by molar-refractivity contribution is 6.31. The van der Waals surface area contributed by atoms with Gasteiger partial charge < -0.3 is 5.73 Å². The molecular weight excluding hydrogens is 222 g/mol. The van der Waals surface area contributed by atoms with Crippen molar-refractivity contribution in [3.05, 3.63) is 34.6 Å². The minimum atomic E-state index is -4.63. The van der Waals surface area contributed by atoms with Crippen LogP contribution >= 0.6 is 11.6 Å². The highest BCUT2D eigenvalue weighted by Gasteiger charge is 2.39. The van der Waals surface area contributed by atoms with E-state index in [-0.39, 0.29) is 0 Å². The van der Waals surface area contributed by atoms with E-state index in [4.69, 9.17) is 17.3 Å². The van der Waals surface area contributed by atoms with Crippen LogP contribution in [-0.2, 0) is 0 Å². The third kappa shape index (κ3) is 2.16. The summed E-state index contributed by atoms with van der Waals surface area (Å²) in [6, 6.07) is 0.881. The van der Waals surface area contributed by atoms with Gasteiger partial charge in [0.15, 0.2) is 0 Å². The molecule has 0 spiro atoms. The summed E-state index contributed by atoms with van der Waals surface area (Å²) < 4.78 is 49.2. The Labute approximate surface area is 82.5 Å². The fourth-order valence-electron chi connectivity index (χ4n) is 0.937. The van der Waals surface area contributed by atoms with Crippen molar-refractivity contribution in [3.8, 4) is 0 Å². The Hall–Kier alpha value is -0.810. The zero-order valence-electron chi connectivity index (χ0n) is 6.78. The van der Waals surface area contributed by atoms with Gasteiger partial charge in [0.05, 0.1) is 5.02 Å². The summed E-state index contributed by atoms with van der Waals surface area (Å²) in [4.78, 5) is 0. The predicted octanol–water partition coefficient (Wildman–Crippen LogP) is 3.04. The van der Waals surface area contributed by atoms with E-state index in [0.29, 0.717) is 0 Å². The summed E-state index contributed by atoms with van der Waals surface area (Å²) in [5, 5.41) is -0.586. The fourth-order valence-corrected chi connectivity index (χ4v) is 1.18. The minimum absolute atomic E-state index is 0.459. The Balaban J connectivity index is 3.14. The predicted molar refractivity (Wildman–Crippen MR) is 44.4 cm³/mol. The molecule has 0 radical (unpaired) electrons. The van der Waals surface area contributed by atoms with Gasteiger partial charge in [-0.3, -0.25) is 0 Å². The summed E-state index contributed by atoms with van der Waals surface area (Å²) in [6.45, 7) is 0. The lowest BCUT2D eigenvalue weighted by molar-refractivity contribution is -0.149. The summed E-state index contributed by atoms with van der Waals surface area (Å²) in [6.07, 6.45) is -4.63. The van der Waals surface area contributed by atoms with E-state index in [1.165, 1.54) is 0 Å². The summed E-state index contributed by atoms with van der Waals surface area (Å²) in [5.41, 5.74) is 4.41. The molecule has 0 unspecified atom stereocenters. The third-order valence-electron chi connectivity index (χ3n) is 1.67. The second-order valence-electron chi connectivity index (χ2n) is 2.66. The molecular formula is C8H6ClF4N. The van der Waals surface area contributed by atoms with Gasteiger partial charge in [-0.05, 0) is 11.6 Å². The maximum Gasteiger partial charge on any atom is 0.407 e. The molecule has 14 heavy (non-hydrogen) atoms. The Morgan fingerprint density at radius 3 is 2.36 bits per heavy atom. The van der Waals surface area contributed by atoms with Gasteiger partial charge in [-0.1, -0.05) is 23.7 Å². The van der Waals surface area contributed by atoms with E-state index >= 15 is 0 Å².